The second-order valence-corrected chi connectivity index (χ2v) is 5.36. The van der Waals surface area contributed by atoms with Gasteiger partial charge in [0.15, 0.2) is 11.6 Å². The van der Waals surface area contributed by atoms with Crippen molar-refractivity contribution >= 4 is 23.2 Å². The van der Waals surface area contributed by atoms with Crippen LogP contribution in [0.5, 0.6) is 5.75 Å². The number of ether oxygens (including phenoxy) is 1. The minimum Gasteiger partial charge on any atom is -0.494 e. The molecule has 2 aromatic carbocycles. The lowest BCUT2D eigenvalue weighted by Gasteiger charge is -2.14. The number of halogens is 3. The van der Waals surface area contributed by atoms with Gasteiger partial charge in [-0.25, -0.2) is 4.39 Å². The smallest absolute Gasteiger partial charge is 0.165 e. The summed E-state index contributed by atoms with van der Waals surface area (Å²) in [6.45, 7) is 0. The van der Waals surface area contributed by atoms with E-state index in [1.54, 1.807) is 30.3 Å². The molecule has 1 atom stereocenters. The lowest BCUT2D eigenvalue weighted by atomic mass is 9.99. The van der Waals surface area contributed by atoms with Crippen LogP contribution >= 0.6 is 23.2 Å². The van der Waals surface area contributed by atoms with Gasteiger partial charge in [-0.3, -0.25) is 0 Å². The van der Waals surface area contributed by atoms with Crippen molar-refractivity contribution in [3.63, 3.8) is 0 Å². The topological polar surface area (TPSA) is 35.2 Å². The Bertz CT molecular complexity index is 599. The van der Waals surface area contributed by atoms with Crippen molar-refractivity contribution in [3.8, 4) is 5.75 Å². The third kappa shape index (κ3) is 3.63. The molecule has 0 heterocycles. The van der Waals surface area contributed by atoms with Gasteiger partial charge in [0.05, 0.1) is 7.11 Å². The minimum absolute atomic E-state index is 0.216. The summed E-state index contributed by atoms with van der Waals surface area (Å²) >= 11 is 11.9. The Kier molecular flexibility index (Phi) is 4.86. The lowest BCUT2D eigenvalue weighted by Crippen LogP contribution is -2.13. The third-order valence-electron chi connectivity index (χ3n) is 2.98. The molecule has 2 nitrogen and oxygen atoms in total. The van der Waals surface area contributed by atoms with Crippen molar-refractivity contribution in [2.75, 3.05) is 7.11 Å². The fourth-order valence-corrected chi connectivity index (χ4v) is 2.54. The summed E-state index contributed by atoms with van der Waals surface area (Å²) in [5.41, 5.74) is 7.72. The van der Waals surface area contributed by atoms with Crippen LogP contribution in [0.15, 0.2) is 36.4 Å². The Morgan fingerprint density at radius 3 is 2.35 bits per heavy atom. The Morgan fingerprint density at radius 1 is 1.15 bits per heavy atom. The standard InChI is InChI=1S/C15H14Cl2FNO/c1-20-15-3-2-9(4-13(15)18)5-14(19)10-6-11(16)8-12(17)7-10/h2-4,6-8,14H,5,19H2,1H3. The molecule has 0 fully saturated rings. The molecule has 0 aliphatic heterocycles. The molecule has 0 bridgehead atoms. The monoisotopic (exact) mass is 313 g/mol. The van der Waals surface area contributed by atoms with E-state index in [-0.39, 0.29) is 11.8 Å². The van der Waals surface area contributed by atoms with Crippen molar-refractivity contribution < 1.29 is 9.13 Å². The van der Waals surface area contributed by atoms with E-state index in [4.69, 9.17) is 33.7 Å². The van der Waals surface area contributed by atoms with E-state index in [2.05, 4.69) is 0 Å². The zero-order valence-corrected chi connectivity index (χ0v) is 12.4. The van der Waals surface area contributed by atoms with E-state index in [0.29, 0.717) is 16.5 Å². The Hall–Kier alpha value is -1.29. The summed E-state index contributed by atoms with van der Waals surface area (Å²) in [6, 6.07) is 9.66. The Labute approximate surface area is 127 Å². The summed E-state index contributed by atoms with van der Waals surface area (Å²) in [5.74, 6) is -0.186. The maximum Gasteiger partial charge on any atom is 0.165 e. The summed E-state index contributed by atoms with van der Waals surface area (Å²) in [6.07, 6.45) is 0.484. The first-order valence-electron chi connectivity index (χ1n) is 6.03. The zero-order valence-electron chi connectivity index (χ0n) is 10.9. The van der Waals surface area contributed by atoms with Gasteiger partial charge in [-0.2, -0.15) is 0 Å². The van der Waals surface area contributed by atoms with Gasteiger partial charge in [-0.15, -0.1) is 0 Å². The van der Waals surface area contributed by atoms with Gasteiger partial charge < -0.3 is 10.5 Å². The first kappa shape index (κ1) is 15.1. The minimum atomic E-state index is -0.402. The van der Waals surface area contributed by atoms with Crippen LogP contribution < -0.4 is 10.5 Å². The molecule has 1 unspecified atom stereocenters. The van der Waals surface area contributed by atoms with Crippen LogP contribution in [-0.2, 0) is 6.42 Å². The SMILES string of the molecule is COc1ccc(CC(N)c2cc(Cl)cc(Cl)c2)cc1F. The van der Waals surface area contributed by atoms with Gasteiger partial charge in [0.1, 0.15) is 0 Å². The first-order chi connectivity index (χ1) is 9.49. The highest BCUT2D eigenvalue weighted by atomic mass is 35.5. The normalized spacial score (nSPS) is 12.2. The van der Waals surface area contributed by atoms with Gasteiger partial charge in [-0.05, 0) is 47.9 Å². The molecule has 5 heteroatoms. The van der Waals surface area contributed by atoms with Gasteiger partial charge in [0.25, 0.3) is 0 Å². The fourth-order valence-electron chi connectivity index (χ4n) is 2.00. The molecule has 2 aromatic rings. The van der Waals surface area contributed by atoms with Crippen LogP contribution in [0.1, 0.15) is 17.2 Å². The van der Waals surface area contributed by atoms with Crippen LogP contribution in [0.3, 0.4) is 0 Å². The molecule has 106 valence electrons. The van der Waals surface area contributed by atoms with Crippen LogP contribution in [0.4, 0.5) is 4.39 Å². The third-order valence-corrected chi connectivity index (χ3v) is 3.42. The summed E-state index contributed by atoms with van der Waals surface area (Å²) in [5, 5.41) is 1.06. The van der Waals surface area contributed by atoms with Crippen molar-refractivity contribution in [3.05, 3.63) is 63.4 Å². The van der Waals surface area contributed by atoms with Crippen molar-refractivity contribution in [1.29, 1.82) is 0 Å². The van der Waals surface area contributed by atoms with Gasteiger partial charge >= 0.3 is 0 Å². The predicted molar refractivity (Wildman–Crippen MR) is 80.0 cm³/mol. The van der Waals surface area contributed by atoms with Gasteiger partial charge in [0.2, 0.25) is 0 Å². The quantitative estimate of drug-likeness (QED) is 0.909. The summed E-state index contributed by atoms with van der Waals surface area (Å²) in [7, 11) is 1.43. The van der Waals surface area contributed by atoms with Gasteiger partial charge in [0, 0.05) is 16.1 Å². The second kappa shape index (κ2) is 6.44. The van der Waals surface area contributed by atoms with E-state index < -0.39 is 5.82 Å². The number of hydrogen-bond acceptors (Lipinski definition) is 2. The molecule has 0 radical (unpaired) electrons. The lowest BCUT2D eigenvalue weighted by molar-refractivity contribution is 0.386. The fraction of sp³-hybridized carbons (Fsp3) is 0.200. The molecule has 2 rings (SSSR count). The number of nitrogens with two attached hydrogens (primary N) is 1. The number of benzene rings is 2. The first-order valence-corrected chi connectivity index (χ1v) is 6.79. The van der Waals surface area contributed by atoms with Crippen LogP contribution in [0.2, 0.25) is 10.0 Å². The van der Waals surface area contributed by atoms with Crippen LogP contribution in [-0.4, -0.2) is 7.11 Å². The average molecular weight is 314 g/mol. The van der Waals surface area contributed by atoms with E-state index in [9.17, 15) is 4.39 Å². The van der Waals surface area contributed by atoms with E-state index in [1.165, 1.54) is 13.2 Å². The Balaban J connectivity index is 2.18. The highest BCUT2D eigenvalue weighted by Crippen LogP contribution is 2.26. The Morgan fingerprint density at radius 2 is 1.80 bits per heavy atom. The van der Waals surface area contributed by atoms with Crippen LogP contribution in [0.25, 0.3) is 0 Å². The average Bonchev–Trinajstić information content (AvgIpc) is 2.37. The van der Waals surface area contributed by atoms with E-state index >= 15 is 0 Å². The molecule has 0 spiro atoms. The van der Waals surface area contributed by atoms with Crippen molar-refractivity contribution in [2.45, 2.75) is 12.5 Å². The highest BCUT2D eigenvalue weighted by molar-refractivity contribution is 6.34. The molecular weight excluding hydrogens is 300 g/mol. The van der Waals surface area contributed by atoms with Gasteiger partial charge in [-0.1, -0.05) is 29.3 Å². The van der Waals surface area contributed by atoms with E-state index in [0.717, 1.165) is 11.1 Å². The molecule has 0 saturated heterocycles. The highest BCUT2D eigenvalue weighted by Gasteiger charge is 2.11. The molecule has 0 saturated carbocycles. The van der Waals surface area contributed by atoms with Crippen LogP contribution in [0, 0.1) is 5.82 Å². The predicted octanol–water partition coefficient (Wildman–Crippen LogP) is 4.38. The number of rotatable bonds is 4. The van der Waals surface area contributed by atoms with E-state index in [1.807, 2.05) is 0 Å². The summed E-state index contributed by atoms with van der Waals surface area (Å²) < 4.78 is 18.5. The molecule has 20 heavy (non-hydrogen) atoms. The second-order valence-electron chi connectivity index (χ2n) is 4.48. The largest absolute Gasteiger partial charge is 0.494 e. The maximum atomic E-state index is 13.6. The molecule has 0 aliphatic rings. The molecular formula is C15H14Cl2FNO. The van der Waals surface area contributed by atoms with Crippen molar-refractivity contribution in [1.82, 2.24) is 0 Å². The zero-order chi connectivity index (χ0) is 14.7. The summed E-state index contributed by atoms with van der Waals surface area (Å²) in [4.78, 5) is 0. The molecule has 0 aliphatic carbocycles. The number of methoxy groups -OCH3 is 1. The molecule has 0 amide bonds. The van der Waals surface area contributed by atoms with Crippen molar-refractivity contribution in [2.24, 2.45) is 5.73 Å². The molecule has 2 N–H and O–H groups in total. The maximum absolute atomic E-state index is 13.6. The number of hydrogen-bond donors (Lipinski definition) is 1. The molecule has 0 aromatic heterocycles.